The van der Waals surface area contributed by atoms with Crippen LogP contribution in [0.25, 0.3) is 0 Å². The molecule has 5 fully saturated rings. The third-order valence-electron chi connectivity index (χ3n) is 8.42. The molecule has 2 atom stereocenters. The summed E-state index contributed by atoms with van der Waals surface area (Å²) in [5, 5.41) is 3.07. The van der Waals surface area contributed by atoms with Gasteiger partial charge >= 0.3 is 6.18 Å². The summed E-state index contributed by atoms with van der Waals surface area (Å²) < 4.78 is 68.8. The van der Waals surface area contributed by atoms with Crippen molar-refractivity contribution in [2.75, 3.05) is 0 Å². The van der Waals surface area contributed by atoms with Crippen molar-refractivity contribution in [2.24, 2.45) is 23.0 Å². The third-order valence-corrected chi connectivity index (χ3v) is 10.0. The van der Waals surface area contributed by atoms with E-state index in [-0.39, 0.29) is 30.6 Å². The van der Waals surface area contributed by atoms with E-state index in [9.17, 15) is 31.2 Å². The van der Waals surface area contributed by atoms with E-state index in [1.54, 1.807) is 0 Å². The second-order valence-corrected chi connectivity index (χ2v) is 12.5. The minimum absolute atomic E-state index is 0.191. The van der Waals surface area contributed by atoms with Crippen LogP contribution in [-0.4, -0.2) is 31.3 Å². The molecular weight excluding hydrogens is 471 g/mol. The lowest BCUT2D eigenvalue weighted by Crippen LogP contribution is -2.70. The van der Waals surface area contributed by atoms with Gasteiger partial charge in [-0.1, -0.05) is 12.1 Å². The molecule has 1 aromatic carbocycles. The molecule has 4 bridgehead atoms. The molecule has 7 nitrogen and oxygen atoms in total. The first-order chi connectivity index (χ1) is 15.8. The quantitative estimate of drug-likeness (QED) is 0.558. The molecule has 6 rings (SSSR count). The molecular formula is C23H28F3N3O4S. The van der Waals surface area contributed by atoms with Crippen molar-refractivity contribution in [2.45, 2.75) is 79.9 Å². The molecule has 5 aliphatic carbocycles. The monoisotopic (exact) mass is 499 g/mol. The van der Waals surface area contributed by atoms with Crippen molar-refractivity contribution in [1.29, 1.82) is 0 Å². The molecule has 34 heavy (non-hydrogen) atoms. The van der Waals surface area contributed by atoms with E-state index in [1.165, 1.54) is 6.07 Å². The van der Waals surface area contributed by atoms with Gasteiger partial charge in [0.15, 0.2) is 0 Å². The maximum absolute atomic E-state index is 13.5. The maximum atomic E-state index is 13.5. The molecule has 0 aliphatic heterocycles. The Morgan fingerprint density at radius 2 is 1.65 bits per heavy atom. The standard InChI is InChI=1S/C23H28F3N3O4S/c24-23(25,26)16-4-1-2-5-17(16)34(32,33)29-22(6-3-7-22)19(31)28-21-11-14-8-15(12-21)10-20(9-14,13-21)18(27)30/h1-2,4-5,14-15,29H,3,6-13H2,(H2,27,30)(H,28,31). The zero-order chi connectivity index (χ0) is 24.6. The first-order valence-corrected chi connectivity index (χ1v) is 13.1. The Bertz CT molecular complexity index is 1130. The lowest BCUT2D eigenvalue weighted by atomic mass is 9.46. The molecule has 0 heterocycles. The van der Waals surface area contributed by atoms with Crippen LogP contribution in [0, 0.1) is 17.3 Å². The maximum Gasteiger partial charge on any atom is 0.417 e. The van der Waals surface area contributed by atoms with Crippen molar-refractivity contribution < 1.29 is 31.2 Å². The van der Waals surface area contributed by atoms with Gasteiger partial charge in [0.1, 0.15) is 5.54 Å². The zero-order valence-electron chi connectivity index (χ0n) is 18.6. The third kappa shape index (κ3) is 3.71. The van der Waals surface area contributed by atoms with Crippen LogP contribution in [0.2, 0.25) is 0 Å². The Morgan fingerprint density at radius 1 is 1.03 bits per heavy atom. The molecule has 0 aromatic heterocycles. The van der Waals surface area contributed by atoms with Gasteiger partial charge < -0.3 is 11.1 Å². The SMILES string of the molecule is NC(=O)C12CC3CC(CC(NC(=O)C4(NS(=O)(=O)c5ccccc5C(F)(F)F)CCC4)(C3)C1)C2. The van der Waals surface area contributed by atoms with Crippen LogP contribution < -0.4 is 15.8 Å². The van der Waals surface area contributed by atoms with Crippen molar-refractivity contribution in [3.8, 4) is 0 Å². The highest BCUT2D eigenvalue weighted by Gasteiger charge is 2.61. The summed E-state index contributed by atoms with van der Waals surface area (Å²) in [6.45, 7) is 0. The van der Waals surface area contributed by atoms with E-state index < -0.39 is 49.1 Å². The minimum atomic E-state index is -4.86. The Labute approximate surface area is 196 Å². The first-order valence-electron chi connectivity index (χ1n) is 11.6. The fourth-order valence-electron chi connectivity index (χ4n) is 7.21. The highest BCUT2D eigenvalue weighted by molar-refractivity contribution is 7.89. The highest BCUT2D eigenvalue weighted by Crippen LogP contribution is 2.61. The van der Waals surface area contributed by atoms with Crippen LogP contribution in [0.1, 0.15) is 63.4 Å². The molecule has 0 saturated heterocycles. The highest BCUT2D eigenvalue weighted by atomic mass is 32.2. The predicted molar refractivity (Wildman–Crippen MR) is 116 cm³/mol. The van der Waals surface area contributed by atoms with Gasteiger partial charge in [0.05, 0.1) is 15.9 Å². The van der Waals surface area contributed by atoms with E-state index >= 15 is 0 Å². The van der Waals surface area contributed by atoms with Crippen LogP contribution in [0.15, 0.2) is 29.2 Å². The molecule has 1 aromatic rings. The molecule has 0 spiro atoms. The number of primary amides is 1. The van der Waals surface area contributed by atoms with Gasteiger partial charge in [-0.2, -0.15) is 17.9 Å². The van der Waals surface area contributed by atoms with Crippen LogP contribution in [0.5, 0.6) is 0 Å². The van der Waals surface area contributed by atoms with E-state index in [1.807, 2.05) is 0 Å². The topological polar surface area (TPSA) is 118 Å². The van der Waals surface area contributed by atoms with E-state index in [0.29, 0.717) is 44.6 Å². The molecule has 186 valence electrons. The van der Waals surface area contributed by atoms with Gasteiger partial charge in [0, 0.05) is 5.54 Å². The minimum Gasteiger partial charge on any atom is -0.369 e. The molecule has 0 radical (unpaired) electrons. The molecule has 2 unspecified atom stereocenters. The fourth-order valence-corrected chi connectivity index (χ4v) is 8.86. The smallest absolute Gasteiger partial charge is 0.369 e. The van der Waals surface area contributed by atoms with E-state index in [4.69, 9.17) is 5.73 Å². The molecule has 11 heteroatoms. The number of halogens is 3. The van der Waals surface area contributed by atoms with Gasteiger partial charge in [-0.25, -0.2) is 8.42 Å². The second-order valence-electron chi connectivity index (χ2n) is 10.9. The second kappa shape index (κ2) is 7.43. The number of carbonyl (C=O) groups is 2. The number of carbonyl (C=O) groups excluding carboxylic acids is 2. The lowest BCUT2D eigenvalue weighted by molar-refractivity contribution is -0.152. The molecule has 5 aliphatic rings. The van der Waals surface area contributed by atoms with Crippen molar-refractivity contribution in [3.05, 3.63) is 29.8 Å². The van der Waals surface area contributed by atoms with Crippen LogP contribution in [-0.2, 0) is 25.8 Å². The number of alkyl halides is 3. The number of rotatable bonds is 6. The average molecular weight is 500 g/mol. The summed E-state index contributed by atoms with van der Waals surface area (Å²) in [7, 11) is -4.63. The number of hydrogen-bond donors (Lipinski definition) is 3. The number of sulfonamides is 1. The van der Waals surface area contributed by atoms with Gasteiger partial charge in [-0.05, 0) is 81.8 Å². The van der Waals surface area contributed by atoms with Crippen LogP contribution in [0.3, 0.4) is 0 Å². The summed E-state index contributed by atoms with van der Waals surface area (Å²) in [5.74, 6) is -0.361. The summed E-state index contributed by atoms with van der Waals surface area (Å²) >= 11 is 0. The number of benzene rings is 1. The predicted octanol–water partition coefficient (Wildman–Crippen LogP) is 2.85. The summed E-state index contributed by atoms with van der Waals surface area (Å²) in [6.07, 6.45) is 0.320. The summed E-state index contributed by atoms with van der Waals surface area (Å²) in [5.41, 5.74) is 1.67. The summed E-state index contributed by atoms with van der Waals surface area (Å²) in [6, 6.07) is 3.94. The van der Waals surface area contributed by atoms with Gasteiger partial charge in [-0.3, -0.25) is 9.59 Å². The van der Waals surface area contributed by atoms with Crippen LogP contribution >= 0.6 is 0 Å². The molecule has 2 amide bonds. The van der Waals surface area contributed by atoms with Gasteiger partial charge in [0.2, 0.25) is 21.8 Å². The molecule has 5 saturated carbocycles. The normalized spacial score (nSPS) is 33.9. The zero-order valence-corrected chi connectivity index (χ0v) is 19.4. The van der Waals surface area contributed by atoms with Crippen molar-refractivity contribution >= 4 is 21.8 Å². The van der Waals surface area contributed by atoms with E-state index in [0.717, 1.165) is 18.6 Å². The van der Waals surface area contributed by atoms with Crippen LogP contribution in [0.4, 0.5) is 13.2 Å². The number of amides is 2. The van der Waals surface area contributed by atoms with Crippen molar-refractivity contribution in [1.82, 2.24) is 10.0 Å². The van der Waals surface area contributed by atoms with Crippen molar-refractivity contribution in [3.63, 3.8) is 0 Å². The molecule has 4 N–H and O–H groups in total. The Hall–Kier alpha value is -2.14. The van der Waals surface area contributed by atoms with E-state index in [2.05, 4.69) is 10.0 Å². The van der Waals surface area contributed by atoms with Gasteiger partial charge in [0.25, 0.3) is 0 Å². The average Bonchev–Trinajstić information content (AvgIpc) is 2.68. The number of nitrogens with two attached hydrogens (primary N) is 1. The Balaban J connectivity index is 1.41. The first kappa shape index (κ1) is 23.6. The number of hydrogen-bond acceptors (Lipinski definition) is 4. The fraction of sp³-hybridized carbons (Fsp3) is 0.652. The lowest BCUT2D eigenvalue weighted by Gasteiger charge is -2.61. The summed E-state index contributed by atoms with van der Waals surface area (Å²) in [4.78, 5) is 25.0. The largest absolute Gasteiger partial charge is 0.417 e. The number of nitrogens with one attached hydrogen (secondary N) is 2. The Kier molecular flexibility index (Phi) is 5.16. The Morgan fingerprint density at radius 3 is 2.18 bits per heavy atom. The van der Waals surface area contributed by atoms with Gasteiger partial charge in [-0.15, -0.1) is 0 Å².